The average molecular weight is 758 g/mol. The summed E-state index contributed by atoms with van der Waals surface area (Å²) >= 11 is 1.87. The molecule has 0 bridgehead atoms. The average Bonchev–Trinajstić information content (AvgIpc) is 3.78. The van der Waals surface area contributed by atoms with Crippen molar-refractivity contribution < 1.29 is 4.74 Å². The van der Waals surface area contributed by atoms with Crippen molar-refractivity contribution in [2.75, 3.05) is 12.8 Å². The predicted molar refractivity (Wildman–Crippen MR) is 250 cm³/mol. The van der Waals surface area contributed by atoms with Gasteiger partial charge in [-0.25, -0.2) is 0 Å². The number of ether oxygens (including phenoxy) is 1. The number of fused-ring (bicyclic) bond motifs is 3. The molecule has 3 heterocycles. The summed E-state index contributed by atoms with van der Waals surface area (Å²) in [5, 5.41) is 4.01. The Morgan fingerprint density at radius 1 is 0.509 bits per heavy atom. The molecular formula is C50H67N3OS. The molecule has 0 spiro atoms. The summed E-state index contributed by atoms with van der Waals surface area (Å²) in [4.78, 5) is 7.91. The molecule has 0 amide bonds. The van der Waals surface area contributed by atoms with E-state index in [2.05, 4.69) is 137 Å². The second-order valence-electron chi connectivity index (χ2n) is 13.8. The highest BCUT2D eigenvalue weighted by Crippen LogP contribution is 2.25. The van der Waals surface area contributed by atoms with Crippen LogP contribution in [0.5, 0.6) is 5.75 Å². The van der Waals surface area contributed by atoms with Gasteiger partial charge in [0.25, 0.3) is 0 Å². The molecule has 294 valence electrons. The van der Waals surface area contributed by atoms with Crippen LogP contribution in [0.2, 0.25) is 0 Å². The van der Waals surface area contributed by atoms with Crippen LogP contribution in [-0.2, 0) is 0 Å². The molecule has 4 nitrogen and oxygen atoms in total. The highest BCUT2D eigenvalue weighted by molar-refractivity contribution is 7.19. The molecule has 0 aliphatic heterocycles. The summed E-state index contributed by atoms with van der Waals surface area (Å²) in [6.45, 7) is 20.9. The van der Waals surface area contributed by atoms with E-state index in [1.54, 1.807) is 7.11 Å². The van der Waals surface area contributed by atoms with Crippen LogP contribution in [0.25, 0.3) is 31.9 Å². The Kier molecular flexibility index (Phi) is 19.3. The second-order valence-corrected chi connectivity index (χ2v) is 15.1. The van der Waals surface area contributed by atoms with Crippen molar-refractivity contribution in [3.05, 3.63) is 164 Å². The van der Waals surface area contributed by atoms with E-state index in [-0.39, 0.29) is 22.3 Å². The summed E-state index contributed by atoms with van der Waals surface area (Å²) in [7, 11) is 1.69. The van der Waals surface area contributed by atoms with Gasteiger partial charge in [-0.05, 0) is 162 Å². The largest absolute Gasteiger partial charge is 0.496 e. The summed E-state index contributed by atoms with van der Waals surface area (Å²) in [6.07, 6.45) is 2.05. The fraction of sp³-hybridized carbons (Fsp3) is 0.280. The first-order valence-electron chi connectivity index (χ1n) is 17.7. The number of aromatic nitrogens is 2. The van der Waals surface area contributed by atoms with Crippen molar-refractivity contribution in [2.24, 2.45) is 0 Å². The molecule has 0 aliphatic rings. The Hall–Kier alpha value is -5.26. The Morgan fingerprint density at radius 2 is 1.09 bits per heavy atom. The van der Waals surface area contributed by atoms with Gasteiger partial charge >= 0.3 is 0 Å². The Labute approximate surface area is 336 Å². The summed E-state index contributed by atoms with van der Waals surface area (Å²) in [5.41, 5.74) is 20.3. The monoisotopic (exact) mass is 758 g/mol. The Bertz CT molecular complexity index is 2280. The van der Waals surface area contributed by atoms with Crippen LogP contribution in [0.15, 0.2) is 109 Å². The third kappa shape index (κ3) is 14.2. The van der Waals surface area contributed by atoms with Crippen LogP contribution in [0.1, 0.15) is 77.4 Å². The van der Waals surface area contributed by atoms with Crippen LogP contribution in [0, 0.1) is 69.2 Å². The minimum atomic E-state index is 0. The normalized spacial score (nSPS) is 9.73. The molecule has 3 aromatic heterocycles. The first-order valence-corrected chi connectivity index (χ1v) is 18.5. The zero-order valence-electron chi connectivity index (χ0n) is 32.8. The Morgan fingerprint density at radius 3 is 1.75 bits per heavy atom. The number of aromatic amines is 2. The van der Waals surface area contributed by atoms with Crippen LogP contribution in [0.4, 0.5) is 5.69 Å². The number of rotatable bonds is 1. The molecule has 0 fully saturated rings. The fourth-order valence-electron chi connectivity index (χ4n) is 5.84. The topological polar surface area (TPSA) is 66.8 Å². The van der Waals surface area contributed by atoms with Crippen LogP contribution in [0.3, 0.4) is 0 Å². The van der Waals surface area contributed by atoms with E-state index in [9.17, 15) is 0 Å². The van der Waals surface area contributed by atoms with Crippen molar-refractivity contribution in [3.63, 3.8) is 0 Å². The highest BCUT2D eigenvalue weighted by atomic mass is 32.1. The molecule has 0 atom stereocenters. The molecule has 8 rings (SSSR count). The van der Waals surface area contributed by atoms with E-state index < -0.39 is 0 Å². The number of nitrogen functional groups attached to an aromatic ring is 1. The fourth-order valence-corrected chi connectivity index (χ4v) is 6.86. The molecule has 55 heavy (non-hydrogen) atoms. The molecule has 4 N–H and O–H groups in total. The van der Waals surface area contributed by atoms with E-state index >= 15 is 0 Å². The van der Waals surface area contributed by atoms with Gasteiger partial charge in [-0.2, -0.15) is 0 Å². The quantitative estimate of drug-likeness (QED) is 0.146. The van der Waals surface area contributed by atoms with Crippen molar-refractivity contribution in [3.8, 4) is 5.75 Å². The molecule has 0 radical (unpaired) electrons. The first kappa shape index (κ1) is 47.8. The lowest BCUT2D eigenvalue weighted by atomic mass is 10.1. The molecule has 5 aromatic carbocycles. The maximum absolute atomic E-state index is 5.62. The van der Waals surface area contributed by atoms with Crippen molar-refractivity contribution >= 4 is 48.9 Å². The Balaban J connectivity index is 0.000000340. The van der Waals surface area contributed by atoms with Gasteiger partial charge in [0.2, 0.25) is 0 Å². The number of thiophene rings is 1. The van der Waals surface area contributed by atoms with Gasteiger partial charge in [0, 0.05) is 43.6 Å². The number of nitrogens with one attached hydrogen (secondary N) is 2. The van der Waals surface area contributed by atoms with Crippen LogP contribution < -0.4 is 10.5 Å². The van der Waals surface area contributed by atoms with Gasteiger partial charge in [0.1, 0.15) is 5.75 Å². The number of nitrogens with two attached hydrogens (primary N) is 1. The molecular weight excluding hydrogens is 691 g/mol. The lowest BCUT2D eigenvalue weighted by molar-refractivity contribution is 0.411. The maximum atomic E-state index is 5.62. The minimum Gasteiger partial charge on any atom is -0.496 e. The molecule has 0 aliphatic carbocycles. The van der Waals surface area contributed by atoms with Crippen LogP contribution >= 0.6 is 11.3 Å². The number of hydrogen-bond donors (Lipinski definition) is 3. The zero-order chi connectivity index (χ0) is 37.9. The van der Waals surface area contributed by atoms with Crippen molar-refractivity contribution in [2.45, 2.75) is 91.5 Å². The number of benzene rings is 5. The van der Waals surface area contributed by atoms with Crippen LogP contribution in [-0.4, -0.2) is 17.1 Å². The first-order chi connectivity index (χ1) is 24.7. The van der Waals surface area contributed by atoms with Crippen molar-refractivity contribution in [1.29, 1.82) is 0 Å². The molecule has 8 aromatic rings. The smallest absolute Gasteiger partial charge is 0.121 e. The maximum Gasteiger partial charge on any atom is 0.121 e. The number of anilines is 1. The number of hydrogen-bond acceptors (Lipinski definition) is 3. The van der Waals surface area contributed by atoms with E-state index in [1.807, 2.05) is 62.6 Å². The van der Waals surface area contributed by atoms with E-state index in [0.717, 1.165) is 17.0 Å². The molecule has 5 heteroatoms. The van der Waals surface area contributed by atoms with Gasteiger partial charge < -0.3 is 20.4 Å². The highest BCUT2D eigenvalue weighted by Gasteiger charge is 1.99. The summed E-state index contributed by atoms with van der Waals surface area (Å²) in [5.74, 6) is 0.964. The second kappa shape index (κ2) is 22.2. The van der Waals surface area contributed by atoms with E-state index in [1.165, 1.54) is 81.4 Å². The zero-order valence-corrected chi connectivity index (χ0v) is 33.6. The lowest BCUT2D eigenvalue weighted by Gasteiger charge is -2.03. The van der Waals surface area contributed by atoms with Gasteiger partial charge in [0.15, 0.2) is 0 Å². The number of methoxy groups -OCH3 is 1. The van der Waals surface area contributed by atoms with Crippen molar-refractivity contribution in [1.82, 2.24) is 9.97 Å². The summed E-state index contributed by atoms with van der Waals surface area (Å²) in [6, 6.07) is 36.1. The molecule has 0 unspecified atom stereocenters. The van der Waals surface area contributed by atoms with E-state index in [4.69, 9.17) is 10.5 Å². The van der Waals surface area contributed by atoms with E-state index in [0.29, 0.717) is 0 Å². The number of aryl methyl sites for hydroxylation is 10. The van der Waals surface area contributed by atoms with Gasteiger partial charge in [-0.3, -0.25) is 0 Å². The SMILES string of the molecule is C.C.C.COc1ccc(C)cc1C.Cc1ccc(C)c(N)c1.Cc1ccc2[nH]c(C)cc2c1.Cc1ccc2c(C)c[nH]c2c1.Cc1ccc2cc(C)sc2c1. The van der Waals surface area contributed by atoms with Gasteiger partial charge in [-0.15, -0.1) is 11.3 Å². The predicted octanol–water partition coefficient (Wildman–Crippen LogP) is 15.2. The third-order valence-electron chi connectivity index (χ3n) is 8.74. The molecule has 0 saturated carbocycles. The summed E-state index contributed by atoms with van der Waals surface area (Å²) < 4.78 is 6.51. The third-order valence-corrected chi connectivity index (χ3v) is 9.75. The minimum absolute atomic E-state index is 0. The lowest BCUT2D eigenvalue weighted by Crippen LogP contribution is -1.88. The van der Waals surface area contributed by atoms with Gasteiger partial charge in [0.05, 0.1) is 7.11 Å². The number of H-pyrrole nitrogens is 2. The van der Waals surface area contributed by atoms with Gasteiger partial charge in [-0.1, -0.05) is 88.0 Å². The standard InChI is InChI=1S/2C10H11N.C10H10S.C9H12O.C8H11N.3CH4/c1-7-3-4-10-9(5-7)6-8(2)11-10;1-7-3-4-9-8(2)6-11-10(9)5-7;1-7-3-4-9-6-8(2)11-10(9)5-7;1-7-4-5-9(10-3)8(2)6-7;1-6-3-4-7(2)8(9)5-6;;;/h2*3-6,11H,1-2H3;3-6H,1-2H3;4-6H,1-3H3;3-5H,9H2,1-2H3;3*1H4. The molecule has 0 saturated heterocycles.